The first kappa shape index (κ1) is 12.2. The highest BCUT2D eigenvalue weighted by molar-refractivity contribution is 7.92. The molecule has 0 aromatic heterocycles. The van der Waals surface area contributed by atoms with Crippen LogP contribution in [0.15, 0.2) is 23.4 Å². The van der Waals surface area contributed by atoms with Gasteiger partial charge in [-0.15, -0.1) is 0 Å². The quantitative estimate of drug-likeness (QED) is 0.309. The molecule has 88 valence electrons. The first-order valence-electron chi connectivity index (χ1n) is 4.09. The molecule has 0 atom stereocenters. The van der Waals surface area contributed by atoms with Gasteiger partial charge in [-0.3, -0.25) is 4.72 Å². The lowest BCUT2D eigenvalue weighted by Crippen LogP contribution is -2.15. The van der Waals surface area contributed by atoms with E-state index in [1.54, 1.807) is 0 Å². The number of hydrogen-bond acceptors (Lipinski definition) is 4. The molecule has 0 heterocycles. The minimum Gasteiger partial charge on any atom is -0.409 e. The van der Waals surface area contributed by atoms with Crippen molar-refractivity contribution in [2.75, 3.05) is 11.0 Å². The predicted octanol–water partition coefficient (Wildman–Crippen LogP) is 0.292. The molecule has 0 fully saturated rings. The van der Waals surface area contributed by atoms with Gasteiger partial charge in [0.15, 0.2) is 5.84 Å². The van der Waals surface area contributed by atoms with E-state index < -0.39 is 15.8 Å². The Labute approximate surface area is 91.6 Å². The maximum atomic E-state index is 13.4. The van der Waals surface area contributed by atoms with E-state index in [1.807, 2.05) is 4.72 Å². The van der Waals surface area contributed by atoms with Gasteiger partial charge in [-0.1, -0.05) is 5.16 Å². The van der Waals surface area contributed by atoms with E-state index in [0.29, 0.717) is 0 Å². The number of anilines is 1. The minimum atomic E-state index is -3.54. The molecule has 6 nitrogen and oxygen atoms in total. The zero-order valence-electron chi connectivity index (χ0n) is 8.31. The van der Waals surface area contributed by atoms with Crippen LogP contribution in [0.25, 0.3) is 0 Å². The van der Waals surface area contributed by atoms with Gasteiger partial charge >= 0.3 is 0 Å². The van der Waals surface area contributed by atoms with Gasteiger partial charge in [0, 0.05) is 5.56 Å². The van der Waals surface area contributed by atoms with Gasteiger partial charge in [-0.05, 0) is 18.2 Å². The Kier molecular flexibility index (Phi) is 3.33. The molecule has 16 heavy (non-hydrogen) atoms. The fraction of sp³-hybridized carbons (Fsp3) is 0.125. The molecule has 0 aliphatic rings. The van der Waals surface area contributed by atoms with Crippen LogP contribution in [0.1, 0.15) is 5.56 Å². The number of benzene rings is 1. The Bertz CT molecular complexity index is 527. The summed E-state index contributed by atoms with van der Waals surface area (Å²) in [5.74, 6) is -1.07. The van der Waals surface area contributed by atoms with Crippen molar-refractivity contribution in [3.63, 3.8) is 0 Å². The number of sulfonamides is 1. The molecule has 0 aliphatic heterocycles. The number of oxime groups is 1. The third-order valence-corrected chi connectivity index (χ3v) is 2.26. The van der Waals surface area contributed by atoms with Crippen LogP contribution in [-0.2, 0) is 10.0 Å². The topological polar surface area (TPSA) is 105 Å². The molecule has 0 spiro atoms. The Morgan fingerprint density at radius 3 is 2.62 bits per heavy atom. The number of nitrogens with one attached hydrogen (secondary N) is 1. The lowest BCUT2D eigenvalue weighted by atomic mass is 10.2. The summed E-state index contributed by atoms with van der Waals surface area (Å²) in [6, 6.07) is 3.47. The number of halogens is 1. The van der Waals surface area contributed by atoms with E-state index in [9.17, 15) is 12.8 Å². The Morgan fingerprint density at radius 1 is 1.56 bits per heavy atom. The smallest absolute Gasteiger partial charge is 0.229 e. The first-order chi connectivity index (χ1) is 7.33. The molecule has 1 rings (SSSR count). The van der Waals surface area contributed by atoms with Gasteiger partial charge in [-0.2, -0.15) is 0 Å². The van der Waals surface area contributed by atoms with Crippen LogP contribution in [0.3, 0.4) is 0 Å². The van der Waals surface area contributed by atoms with Crippen LogP contribution in [0.4, 0.5) is 10.1 Å². The number of rotatable bonds is 3. The molecule has 0 amide bonds. The lowest BCUT2D eigenvalue weighted by molar-refractivity contribution is 0.318. The van der Waals surface area contributed by atoms with E-state index in [1.165, 1.54) is 12.1 Å². The van der Waals surface area contributed by atoms with Crippen molar-refractivity contribution in [3.05, 3.63) is 29.6 Å². The number of hydrogen-bond donors (Lipinski definition) is 3. The van der Waals surface area contributed by atoms with Crippen molar-refractivity contribution >= 4 is 21.5 Å². The highest BCUT2D eigenvalue weighted by Gasteiger charge is 2.09. The predicted molar refractivity (Wildman–Crippen MR) is 57.4 cm³/mol. The summed E-state index contributed by atoms with van der Waals surface area (Å²) in [7, 11) is -3.54. The zero-order chi connectivity index (χ0) is 12.3. The average Bonchev–Trinajstić information content (AvgIpc) is 2.18. The van der Waals surface area contributed by atoms with Crippen LogP contribution in [0.2, 0.25) is 0 Å². The first-order valence-corrected chi connectivity index (χ1v) is 5.98. The molecule has 4 N–H and O–H groups in total. The third-order valence-electron chi connectivity index (χ3n) is 1.67. The van der Waals surface area contributed by atoms with E-state index in [-0.39, 0.29) is 17.1 Å². The maximum Gasteiger partial charge on any atom is 0.229 e. The second kappa shape index (κ2) is 4.35. The van der Waals surface area contributed by atoms with Gasteiger partial charge in [0.05, 0.1) is 11.9 Å². The van der Waals surface area contributed by atoms with Crippen LogP contribution < -0.4 is 10.5 Å². The average molecular weight is 247 g/mol. The number of nitrogens with zero attached hydrogens (tertiary/aromatic N) is 1. The zero-order valence-corrected chi connectivity index (χ0v) is 9.12. The summed E-state index contributed by atoms with van der Waals surface area (Å²) >= 11 is 0. The fourth-order valence-electron chi connectivity index (χ4n) is 1.01. The van der Waals surface area contributed by atoms with Crippen molar-refractivity contribution in [1.82, 2.24) is 0 Å². The molecule has 1 aromatic rings. The Hall–Kier alpha value is -1.83. The molecular formula is C8H10FN3O3S. The van der Waals surface area contributed by atoms with Crippen LogP contribution in [0, 0.1) is 5.82 Å². The summed E-state index contributed by atoms with van der Waals surface area (Å²) in [5.41, 5.74) is 5.19. The van der Waals surface area contributed by atoms with E-state index in [2.05, 4.69) is 5.16 Å². The second-order valence-corrected chi connectivity index (χ2v) is 4.80. The molecule has 0 unspecified atom stereocenters. The standard InChI is InChI=1S/C8H10FN3O3S/c1-16(14,15)12-7-3-2-5(4-6(7)9)8(10)11-13/h2-4,12-13H,1H3,(H2,10,11). The Morgan fingerprint density at radius 2 is 2.19 bits per heavy atom. The van der Waals surface area contributed by atoms with Gasteiger partial charge < -0.3 is 10.9 Å². The maximum absolute atomic E-state index is 13.4. The monoisotopic (exact) mass is 247 g/mol. The summed E-state index contributed by atoms with van der Waals surface area (Å²) in [6.07, 6.45) is 0.907. The van der Waals surface area contributed by atoms with Crippen LogP contribution in [-0.4, -0.2) is 25.7 Å². The molecule has 0 saturated carbocycles. The van der Waals surface area contributed by atoms with Crippen LogP contribution >= 0.6 is 0 Å². The number of nitrogens with two attached hydrogens (primary N) is 1. The lowest BCUT2D eigenvalue weighted by Gasteiger charge is -2.06. The summed E-state index contributed by atoms with van der Waals surface area (Å²) in [6.45, 7) is 0. The van der Waals surface area contributed by atoms with Gasteiger partial charge in [0.25, 0.3) is 0 Å². The van der Waals surface area contributed by atoms with E-state index in [4.69, 9.17) is 10.9 Å². The van der Waals surface area contributed by atoms with Crippen molar-refractivity contribution in [1.29, 1.82) is 0 Å². The van der Waals surface area contributed by atoms with Crippen LogP contribution in [0.5, 0.6) is 0 Å². The molecule has 8 heteroatoms. The highest BCUT2D eigenvalue weighted by atomic mass is 32.2. The minimum absolute atomic E-state index is 0.152. The van der Waals surface area contributed by atoms with Gasteiger partial charge in [-0.25, -0.2) is 12.8 Å². The SMILES string of the molecule is CS(=O)(=O)Nc1ccc(C(N)=NO)cc1F. The van der Waals surface area contributed by atoms with E-state index >= 15 is 0 Å². The molecule has 0 radical (unpaired) electrons. The molecule has 0 aliphatic carbocycles. The number of amidine groups is 1. The van der Waals surface area contributed by atoms with Crippen molar-refractivity contribution < 1.29 is 18.0 Å². The second-order valence-electron chi connectivity index (χ2n) is 3.05. The van der Waals surface area contributed by atoms with Crippen molar-refractivity contribution in [2.45, 2.75) is 0 Å². The third kappa shape index (κ3) is 3.09. The van der Waals surface area contributed by atoms with E-state index in [0.717, 1.165) is 12.3 Å². The van der Waals surface area contributed by atoms with Crippen molar-refractivity contribution in [2.24, 2.45) is 10.9 Å². The molecule has 0 saturated heterocycles. The molecule has 1 aromatic carbocycles. The molecule has 0 bridgehead atoms. The summed E-state index contributed by atoms with van der Waals surface area (Å²) < 4.78 is 37.1. The van der Waals surface area contributed by atoms with Gasteiger partial charge in [0.1, 0.15) is 5.82 Å². The Balaban J connectivity index is 3.10. The summed E-state index contributed by atoms with van der Waals surface area (Å²) in [5, 5.41) is 11.1. The van der Waals surface area contributed by atoms with Gasteiger partial charge in [0.2, 0.25) is 10.0 Å². The molecular weight excluding hydrogens is 237 g/mol. The summed E-state index contributed by atoms with van der Waals surface area (Å²) in [4.78, 5) is 0. The fourth-order valence-corrected chi connectivity index (χ4v) is 1.58. The normalized spacial score (nSPS) is 12.5. The van der Waals surface area contributed by atoms with Crippen molar-refractivity contribution in [3.8, 4) is 0 Å². The largest absolute Gasteiger partial charge is 0.409 e. The highest BCUT2D eigenvalue weighted by Crippen LogP contribution is 2.16.